The number of aryl methyl sites for hydroxylation is 1. The lowest BCUT2D eigenvalue weighted by molar-refractivity contribution is 0.265. The highest BCUT2D eigenvalue weighted by atomic mass is 79.9. The van der Waals surface area contributed by atoms with Gasteiger partial charge in [-0.3, -0.25) is 0 Å². The van der Waals surface area contributed by atoms with Crippen molar-refractivity contribution < 1.29 is 4.74 Å². The van der Waals surface area contributed by atoms with Crippen molar-refractivity contribution in [3.63, 3.8) is 0 Å². The second kappa shape index (κ2) is 3.91. The highest BCUT2D eigenvalue weighted by molar-refractivity contribution is 9.10. The molecule has 0 radical (unpaired) electrons. The summed E-state index contributed by atoms with van der Waals surface area (Å²) in [6.45, 7) is 2.87. The zero-order chi connectivity index (χ0) is 10.1. The van der Waals surface area contributed by atoms with Gasteiger partial charge in [-0.25, -0.2) is 0 Å². The van der Waals surface area contributed by atoms with Gasteiger partial charge in [-0.1, -0.05) is 28.9 Å². The lowest BCUT2D eigenvalue weighted by Gasteiger charge is -2.26. The van der Waals surface area contributed by atoms with E-state index in [1.54, 1.807) is 0 Å². The van der Waals surface area contributed by atoms with Gasteiger partial charge in [0.05, 0.1) is 6.61 Å². The Bertz CT molecular complexity index is 351. The van der Waals surface area contributed by atoms with Crippen molar-refractivity contribution in [2.24, 2.45) is 5.73 Å². The first-order valence-electron chi connectivity index (χ1n) is 4.93. The summed E-state index contributed by atoms with van der Waals surface area (Å²) in [6.07, 6.45) is 1.89. The Balaban J connectivity index is 2.57. The molecule has 1 heterocycles. The topological polar surface area (TPSA) is 35.2 Å². The minimum Gasteiger partial charge on any atom is -0.493 e. The van der Waals surface area contributed by atoms with Gasteiger partial charge in [0, 0.05) is 22.5 Å². The lowest BCUT2D eigenvalue weighted by atomic mass is 9.97. The van der Waals surface area contributed by atoms with Crippen LogP contribution in [0.5, 0.6) is 5.75 Å². The fraction of sp³-hybridized carbons (Fsp3) is 0.455. The number of fused-ring (bicyclic) bond motifs is 1. The number of halogens is 1. The second-order valence-electron chi connectivity index (χ2n) is 3.55. The average molecular weight is 256 g/mol. The molecular weight excluding hydrogens is 242 g/mol. The predicted octanol–water partition coefficient (Wildman–Crippen LogP) is 2.79. The third-order valence-electron chi connectivity index (χ3n) is 2.65. The van der Waals surface area contributed by atoms with Gasteiger partial charge in [0.2, 0.25) is 0 Å². The molecule has 3 heteroatoms. The van der Waals surface area contributed by atoms with Crippen LogP contribution < -0.4 is 10.5 Å². The molecule has 1 atom stereocenters. The lowest BCUT2D eigenvalue weighted by Crippen LogP contribution is -2.22. The predicted molar refractivity (Wildman–Crippen MR) is 60.6 cm³/mol. The monoisotopic (exact) mass is 255 g/mol. The average Bonchev–Trinajstić information content (AvgIpc) is 2.18. The molecule has 1 aromatic carbocycles. The van der Waals surface area contributed by atoms with E-state index >= 15 is 0 Å². The molecule has 0 bridgehead atoms. The fourth-order valence-electron chi connectivity index (χ4n) is 1.85. The molecular formula is C11H14BrNO. The van der Waals surface area contributed by atoms with Crippen LogP contribution in [-0.2, 0) is 6.42 Å². The highest BCUT2D eigenvalue weighted by Gasteiger charge is 2.22. The maximum Gasteiger partial charge on any atom is 0.128 e. The third-order valence-corrected chi connectivity index (χ3v) is 3.34. The van der Waals surface area contributed by atoms with Gasteiger partial charge < -0.3 is 10.5 Å². The molecule has 0 saturated carbocycles. The first-order chi connectivity index (χ1) is 6.74. The molecule has 0 spiro atoms. The van der Waals surface area contributed by atoms with Crippen LogP contribution in [0.2, 0.25) is 0 Å². The van der Waals surface area contributed by atoms with Crippen molar-refractivity contribution in [1.82, 2.24) is 0 Å². The van der Waals surface area contributed by atoms with E-state index in [0.717, 1.165) is 35.2 Å². The number of nitrogens with two attached hydrogens (primary N) is 1. The van der Waals surface area contributed by atoms with Gasteiger partial charge >= 0.3 is 0 Å². The molecule has 1 aromatic rings. The summed E-state index contributed by atoms with van der Waals surface area (Å²) < 4.78 is 6.75. The van der Waals surface area contributed by atoms with Crippen LogP contribution in [0.3, 0.4) is 0 Å². The maximum absolute atomic E-state index is 6.06. The molecule has 0 fully saturated rings. The molecule has 0 saturated heterocycles. The molecule has 1 aliphatic rings. The van der Waals surface area contributed by atoms with E-state index in [1.165, 1.54) is 5.56 Å². The summed E-state index contributed by atoms with van der Waals surface area (Å²) in [7, 11) is 0. The van der Waals surface area contributed by atoms with E-state index in [0.29, 0.717) is 0 Å². The number of ether oxygens (including phenoxy) is 1. The van der Waals surface area contributed by atoms with Crippen molar-refractivity contribution in [3.8, 4) is 5.75 Å². The van der Waals surface area contributed by atoms with E-state index in [1.807, 2.05) is 0 Å². The number of hydrogen-bond acceptors (Lipinski definition) is 2. The zero-order valence-corrected chi connectivity index (χ0v) is 9.80. The van der Waals surface area contributed by atoms with E-state index in [9.17, 15) is 0 Å². The van der Waals surface area contributed by atoms with Gasteiger partial charge in [-0.15, -0.1) is 0 Å². The van der Waals surface area contributed by atoms with Crippen LogP contribution in [0.25, 0.3) is 0 Å². The van der Waals surface area contributed by atoms with Crippen molar-refractivity contribution in [1.29, 1.82) is 0 Å². The molecule has 2 N–H and O–H groups in total. The Morgan fingerprint density at radius 1 is 1.57 bits per heavy atom. The number of rotatable bonds is 1. The first-order valence-corrected chi connectivity index (χ1v) is 5.73. The number of hydrogen-bond donors (Lipinski definition) is 1. The zero-order valence-electron chi connectivity index (χ0n) is 8.22. The quantitative estimate of drug-likeness (QED) is 0.838. The van der Waals surface area contributed by atoms with Crippen LogP contribution in [-0.4, -0.2) is 6.61 Å². The summed E-state index contributed by atoms with van der Waals surface area (Å²) in [5.41, 5.74) is 8.44. The second-order valence-corrected chi connectivity index (χ2v) is 4.40. The Morgan fingerprint density at radius 2 is 2.36 bits per heavy atom. The summed E-state index contributed by atoms with van der Waals surface area (Å²) in [5.74, 6) is 1.00. The highest BCUT2D eigenvalue weighted by Crippen LogP contribution is 2.38. The molecule has 2 rings (SSSR count). The van der Waals surface area contributed by atoms with Gasteiger partial charge in [-0.2, -0.15) is 0 Å². The maximum atomic E-state index is 6.06. The molecule has 2 nitrogen and oxygen atoms in total. The Hall–Kier alpha value is -0.540. The smallest absolute Gasteiger partial charge is 0.128 e. The van der Waals surface area contributed by atoms with Crippen molar-refractivity contribution >= 4 is 15.9 Å². The van der Waals surface area contributed by atoms with E-state index in [4.69, 9.17) is 10.5 Å². The fourth-order valence-corrected chi connectivity index (χ4v) is 2.45. The molecule has 0 aromatic heterocycles. The largest absolute Gasteiger partial charge is 0.493 e. The summed E-state index contributed by atoms with van der Waals surface area (Å²) in [4.78, 5) is 0. The van der Waals surface area contributed by atoms with Crippen LogP contribution in [0.4, 0.5) is 0 Å². The Labute approximate surface area is 92.6 Å². The van der Waals surface area contributed by atoms with E-state index in [2.05, 4.69) is 35.0 Å². The van der Waals surface area contributed by atoms with Crippen LogP contribution in [0.1, 0.15) is 30.5 Å². The first kappa shape index (κ1) is 9.99. The minimum absolute atomic E-state index is 0.111. The van der Waals surface area contributed by atoms with Crippen molar-refractivity contribution in [2.45, 2.75) is 25.8 Å². The van der Waals surface area contributed by atoms with E-state index in [-0.39, 0.29) is 6.04 Å². The van der Waals surface area contributed by atoms with Gasteiger partial charge in [0.15, 0.2) is 0 Å². The molecule has 0 amide bonds. The third kappa shape index (κ3) is 1.55. The Morgan fingerprint density at radius 3 is 3.07 bits per heavy atom. The van der Waals surface area contributed by atoms with Crippen LogP contribution in [0.15, 0.2) is 16.6 Å². The minimum atomic E-state index is 0.111. The standard InChI is InChI=1S/C11H14BrNO/c1-2-7-3-4-8(12)10-9(13)5-6-14-11(7)10/h3-4,9H,2,5-6,13H2,1H3/t9-/m0/s1. The molecule has 76 valence electrons. The van der Waals surface area contributed by atoms with Gasteiger partial charge in [-0.05, 0) is 18.1 Å². The van der Waals surface area contributed by atoms with Crippen LogP contribution in [0, 0.1) is 0 Å². The SMILES string of the molecule is CCc1ccc(Br)c2c1OCC[C@@H]2N. The normalized spacial score (nSPS) is 20.1. The summed E-state index contributed by atoms with van der Waals surface area (Å²) >= 11 is 3.53. The van der Waals surface area contributed by atoms with Crippen molar-refractivity contribution in [2.75, 3.05) is 6.61 Å². The Kier molecular flexibility index (Phi) is 2.79. The van der Waals surface area contributed by atoms with Gasteiger partial charge in [0.25, 0.3) is 0 Å². The van der Waals surface area contributed by atoms with E-state index < -0.39 is 0 Å². The van der Waals surface area contributed by atoms with Gasteiger partial charge in [0.1, 0.15) is 5.75 Å². The molecule has 0 aliphatic carbocycles. The van der Waals surface area contributed by atoms with Crippen molar-refractivity contribution in [3.05, 3.63) is 27.7 Å². The van der Waals surface area contributed by atoms with Crippen LogP contribution >= 0.6 is 15.9 Å². The summed E-state index contributed by atoms with van der Waals surface area (Å²) in [5, 5.41) is 0. The molecule has 0 unspecified atom stereocenters. The summed E-state index contributed by atoms with van der Waals surface area (Å²) in [6, 6.07) is 4.27. The molecule has 1 aliphatic heterocycles. The molecule has 14 heavy (non-hydrogen) atoms. The number of benzene rings is 1.